The Kier molecular flexibility index (Phi) is 3.17. The summed E-state index contributed by atoms with van der Waals surface area (Å²) in [4.78, 5) is 4.18. The van der Waals surface area contributed by atoms with Crippen molar-refractivity contribution in [1.29, 1.82) is 5.26 Å². The van der Waals surface area contributed by atoms with Crippen molar-refractivity contribution >= 4 is 21.4 Å². The lowest BCUT2D eigenvalue weighted by molar-refractivity contribution is 0.599. The summed E-state index contributed by atoms with van der Waals surface area (Å²) in [6, 6.07) is 8.78. The van der Waals surface area contributed by atoms with E-state index in [1.165, 1.54) is 0 Å². The summed E-state index contributed by atoms with van der Waals surface area (Å²) in [5.74, 6) is 0. The highest BCUT2D eigenvalue weighted by molar-refractivity contribution is 7.91. The molecule has 1 aromatic carbocycles. The van der Waals surface area contributed by atoms with Crippen LogP contribution in [0.3, 0.4) is 0 Å². The van der Waals surface area contributed by atoms with Crippen molar-refractivity contribution in [3.8, 4) is 16.6 Å². The third-order valence-electron chi connectivity index (χ3n) is 2.27. The van der Waals surface area contributed by atoms with Crippen molar-refractivity contribution in [1.82, 2.24) is 4.98 Å². The topological polar surface area (TPSA) is 96.8 Å². The van der Waals surface area contributed by atoms with Crippen molar-refractivity contribution < 1.29 is 8.42 Å². The van der Waals surface area contributed by atoms with Gasteiger partial charge in [0.2, 0.25) is 10.0 Å². The molecule has 2 aromatic rings. The van der Waals surface area contributed by atoms with Crippen LogP contribution in [0.2, 0.25) is 0 Å². The average molecular weight is 279 g/mol. The molecule has 18 heavy (non-hydrogen) atoms. The maximum Gasteiger partial charge on any atom is 0.249 e. The van der Waals surface area contributed by atoms with Gasteiger partial charge in [0.25, 0.3) is 0 Å². The first-order valence-corrected chi connectivity index (χ1v) is 7.29. The molecule has 0 aliphatic carbocycles. The van der Waals surface area contributed by atoms with Crippen LogP contribution in [0.15, 0.2) is 28.5 Å². The number of aromatic nitrogens is 1. The van der Waals surface area contributed by atoms with Gasteiger partial charge in [-0.05, 0) is 19.1 Å². The first-order valence-electron chi connectivity index (χ1n) is 4.92. The highest BCUT2D eigenvalue weighted by Gasteiger charge is 2.18. The molecule has 2 rings (SSSR count). The Hall–Kier alpha value is -1.75. The SMILES string of the molecule is Cc1nc(-c2ccc(C#N)cc2)sc1S(N)(=O)=O. The van der Waals surface area contributed by atoms with Crippen LogP contribution in [0.1, 0.15) is 11.3 Å². The molecule has 0 radical (unpaired) electrons. The fraction of sp³-hybridized carbons (Fsp3) is 0.0909. The van der Waals surface area contributed by atoms with E-state index >= 15 is 0 Å². The van der Waals surface area contributed by atoms with E-state index in [2.05, 4.69) is 4.98 Å². The molecular formula is C11H9N3O2S2. The number of hydrogen-bond donors (Lipinski definition) is 1. The van der Waals surface area contributed by atoms with Crippen LogP contribution in [-0.2, 0) is 10.0 Å². The molecule has 0 atom stereocenters. The van der Waals surface area contributed by atoms with E-state index < -0.39 is 10.0 Å². The number of thiazole rings is 1. The van der Waals surface area contributed by atoms with Crippen LogP contribution in [0, 0.1) is 18.3 Å². The number of primary sulfonamides is 1. The average Bonchev–Trinajstić information content (AvgIpc) is 2.71. The zero-order valence-corrected chi connectivity index (χ0v) is 11.0. The standard InChI is InChI=1S/C11H9N3O2S2/c1-7-11(18(13,15)16)17-10(14-7)9-4-2-8(6-12)3-5-9/h2-5H,1H3,(H2,13,15,16). The summed E-state index contributed by atoms with van der Waals surface area (Å²) in [6.07, 6.45) is 0. The molecule has 0 amide bonds. The van der Waals surface area contributed by atoms with Gasteiger partial charge in [-0.3, -0.25) is 0 Å². The summed E-state index contributed by atoms with van der Waals surface area (Å²) in [5, 5.41) is 14.4. The van der Waals surface area contributed by atoms with E-state index in [0.717, 1.165) is 16.9 Å². The number of hydrogen-bond acceptors (Lipinski definition) is 5. The van der Waals surface area contributed by atoms with Gasteiger partial charge < -0.3 is 0 Å². The lowest BCUT2D eigenvalue weighted by atomic mass is 10.1. The predicted molar refractivity (Wildman–Crippen MR) is 68.4 cm³/mol. The van der Waals surface area contributed by atoms with Crippen molar-refractivity contribution in [2.75, 3.05) is 0 Å². The second-order valence-corrected chi connectivity index (χ2v) is 6.38. The number of sulfonamides is 1. The van der Waals surface area contributed by atoms with Gasteiger partial charge in [-0.2, -0.15) is 5.26 Å². The molecule has 2 N–H and O–H groups in total. The minimum atomic E-state index is -3.73. The highest BCUT2D eigenvalue weighted by atomic mass is 32.2. The Labute approximate surface area is 109 Å². The van der Waals surface area contributed by atoms with Crippen LogP contribution in [-0.4, -0.2) is 13.4 Å². The molecule has 0 aliphatic heterocycles. The van der Waals surface area contributed by atoms with E-state index in [1.54, 1.807) is 31.2 Å². The summed E-state index contributed by atoms with van der Waals surface area (Å²) in [6.45, 7) is 1.60. The third kappa shape index (κ3) is 2.41. The van der Waals surface area contributed by atoms with Crippen LogP contribution >= 0.6 is 11.3 Å². The van der Waals surface area contributed by atoms with Crippen molar-refractivity contribution in [2.24, 2.45) is 5.14 Å². The van der Waals surface area contributed by atoms with E-state index in [9.17, 15) is 8.42 Å². The summed E-state index contributed by atoms with van der Waals surface area (Å²) >= 11 is 1.03. The van der Waals surface area contributed by atoms with Gasteiger partial charge >= 0.3 is 0 Å². The molecule has 0 bridgehead atoms. The molecule has 92 valence electrons. The van der Waals surface area contributed by atoms with E-state index in [-0.39, 0.29) is 4.21 Å². The number of rotatable bonds is 2. The molecule has 0 saturated carbocycles. The van der Waals surface area contributed by atoms with Crippen molar-refractivity contribution in [3.05, 3.63) is 35.5 Å². The molecule has 1 heterocycles. The highest BCUT2D eigenvalue weighted by Crippen LogP contribution is 2.30. The van der Waals surface area contributed by atoms with Gasteiger partial charge in [0.1, 0.15) is 5.01 Å². The molecular weight excluding hydrogens is 270 g/mol. The normalized spacial score (nSPS) is 11.2. The molecule has 1 aromatic heterocycles. The van der Waals surface area contributed by atoms with Gasteiger partial charge in [0.15, 0.2) is 4.21 Å². The summed E-state index contributed by atoms with van der Waals surface area (Å²) in [7, 11) is -3.73. The largest absolute Gasteiger partial charge is 0.249 e. The monoisotopic (exact) mass is 279 g/mol. The smallest absolute Gasteiger partial charge is 0.240 e. The molecule has 7 heteroatoms. The molecule has 0 spiro atoms. The van der Waals surface area contributed by atoms with Gasteiger partial charge in [-0.15, -0.1) is 11.3 Å². The fourth-order valence-corrected chi connectivity index (χ4v) is 3.42. The molecule has 0 unspecified atom stereocenters. The first kappa shape index (κ1) is 12.7. The Bertz CT molecular complexity index is 725. The van der Waals surface area contributed by atoms with E-state index in [0.29, 0.717) is 16.3 Å². The van der Waals surface area contributed by atoms with Crippen LogP contribution in [0.25, 0.3) is 10.6 Å². The van der Waals surface area contributed by atoms with Crippen molar-refractivity contribution in [3.63, 3.8) is 0 Å². The maximum absolute atomic E-state index is 11.3. The minimum absolute atomic E-state index is 0.0712. The lowest BCUT2D eigenvalue weighted by Gasteiger charge is -1.95. The van der Waals surface area contributed by atoms with Crippen molar-refractivity contribution in [2.45, 2.75) is 11.1 Å². The Balaban J connectivity index is 2.50. The van der Waals surface area contributed by atoms with Crippen LogP contribution in [0.4, 0.5) is 0 Å². The molecule has 5 nitrogen and oxygen atoms in total. The Morgan fingerprint density at radius 3 is 2.39 bits per heavy atom. The van der Waals surface area contributed by atoms with E-state index in [4.69, 9.17) is 10.4 Å². The second kappa shape index (κ2) is 4.49. The molecule has 0 aliphatic rings. The first-order chi connectivity index (χ1) is 8.41. The lowest BCUT2D eigenvalue weighted by Crippen LogP contribution is -2.11. The maximum atomic E-state index is 11.3. The van der Waals surface area contributed by atoms with E-state index in [1.807, 2.05) is 6.07 Å². The second-order valence-electron chi connectivity index (χ2n) is 3.63. The molecule has 0 fully saturated rings. The van der Waals surface area contributed by atoms with Gasteiger partial charge in [0, 0.05) is 5.56 Å². The quantitative estimate of drug-likeness (QED) is 0.903. The number of nitriles is 1. The van der Waals surface area contributed by atoms with Crippen LogP contribution in [0.5, 0.6) is 0 Å². The summed E-state index contributed by atoms with van der Waals surface area (Å²) < 4.78 is 22.7. The number of benzene rings is 1. The Morgan fingerprint density at radius 1 is 1.33 bits per heavy atom. The predicted octanol–water partition coefficient (Wildman–Crippen LogP) is 1.64. The van der Waals surface area contributed by atoms with Crippen LogP contribution < -0.4 is 5.14 Å². The van der Waals surface area contributed by atoms with Gasteiger partial charge in [-0.1, -0.05) is 12.1 Å². The zero-order valence-electron chi connectivity index (χ0n) is 9.41. The zero-order chi connectivity index (χ0) is 13.3. The Morgan fingerprint density at radius 2 is 1.94 bits per heavy atom. The number of aryl methyl sites for hydroxylation is 1. The fourth-order valence-electron chi connectivity index (χ4n) is 1.46. The minimum Gasteiger partial charge on any atom is -0.240 e. The summed E-state index contributed by atoms with van der Waals surface area (Å²) in [5.41, 5.74) is 1.69. The molecule has 0 saturated heterocycles. The number of nitrogens with zero attached hydrogens (tertiary/aromatic N) is 2. The number of nitrogens with two attached hydrogens (primary N) is 1. The third-order valence-corrected chi connectivity index (χ3v) is 5.03. The van der Waals surface area contributed by atoms with Gasteiger partial charge in [-0.25, -0.2) is 18.5 Å². The van der Waals surface area contributed by atoms with Gasteiger partial charge in [0.05, 0.1) is 17.3 Å².